The van der Waals surface area contributed by atoms with Crippen LogP contribution >= 0.6 is 0 Å². The predicted octanol–water partition coefficient (Wildman–Crippen LogP) is 1.27. The topological polar surface area (TPSA) is 93.0 Å². The van der Waals surface area contributed by atoms with Crippen LogP contribution in [0, 0.1) is 0 Å². The van der Waals surface area contributed by atoms with E-state index in [1.54, 1.807) is 7.05 Å². The minimum Gasteiger partial charge on any atom is -0.433 e. The van der Waals surface area contributed by atoms with E-state index in [-0.39, 0.29) is 19.0 Å². The third-order valence-corrected chi connectivity index (χ3v) is 4.46. The summed E-state index contributed by atoms with van der Waals surface area (Å²) in [7, 11) is 1.61. The molecule has 1 saturated heterocycles. The van der Waals surface area contributed by atoms with Gasteiger partial charge >= 0.3 is 6.09 Å². The molecule has 1 aliphatic carbocycles. The molecule has 1 aliphatic heterocycles. The summed E-state index contributed by atoms with van der Waals surface area (Å²) in [5.74, 6) is 0.0378. The first kappa shape index (κ1) is 16.5. The van der Waals surface area contributed by atoms with E-state index in [2.05, 4.69) is 5.16 Å². The molecule has 0 N–H and O–H groups in total. The normalized spacial score (nSPS) is 19.2. The third-order valence-electron chi connectivity index (χ3n) is 4.46. The largest absolute Gasteiger partial charge is 0.433 e. The highest BCUT2D eigenvalue weighted by Gasteiger charge is 2.47. The number of nitrogens with zero attached hydrogens (tertiary/aromatic N) is 3. The van der Waals surface area contributed by atoms with Crippen LogP contribution in [-0.4, -0.2) is 52.1 Å². The number of rotatable bonds is 4. The predicted molar refractivity (Wildman–Crippen MR) is 81.9 cm³/mol. The zero-order valence-corrected chi connectivity index (χ0v) is 14.1. The summed E-state index contributed by atoms with van der Waals surface area (Å²) in [4.78, 5) is 38.5. The first-order valence-electron chi connectivity index (χ1n) is 8.05. The molecule has 0 radical (unpaired) electrons. The Hall–Kier alpha value is -2.38. The van der Waals surface area contributed by atoms with Crippen LogP contribution < -0.4 is 0 Å². The van der Waals surface area contributed by atoms with E-state index in [9.17, 15) is 14.4 Å². The number of aryl methyl sites for hydroxylation is 1. The van der Waals surface area contributed by atoms with Gasteiger partial charge in [0.2, 0.25) is 5.91 Å². The lowest BCUT2D eigenvalue weighted by Gasteiger charge is -2.20. The highest BCUT2D eigenvalue weighted by molar-refractivity contribution is 6.04. The van der Waals surface area contributed by atoms with Crippen molar-refractivity contribution in [3.63, 3.8) is 0 Å². The molecule has 0 spiro atoms. The van der Waals surface area contributed by atoms with Crippen LogP contribution in [0.5, 0.6) is 0 Å². The van der Waals surface area contributed by atoms with Gasteiger partial charge in [-0.1, -0.05) is 5.16 Å². The van der Waals surface area contributed by atoms with E-state index in [1.807, 2.05) is 0 Å². The molecular formula is C16H21N3O5. The lowest BCUT2D eigenvalue weighted by Crippen LogP contribution is -2.43. The number of amides is 3. The number of hydrogen-bond donors (Lipinski definition) is 0. The fraction of sp³-hybridized carbons (Fsp3) is 0.625. The van der Waals surface area contributed by atoms with E-state index in [4.69, 9.17) is 9.26 Å². The van der Waals surface area contributed by atoms with Crippen molar-refractivity contribution in [3.05, 3.63) is 17.0 Å². The van der Waals surface area contributed by atoms with Gasteiger partial charge in [-0.15, -0.1) is 0 Å². The highest BCUT2D eigenvalue weighted by atomic mass is 16.6. The fourth-order valence-corrected chi connectivity index (χ4v) is 3.00. The Balaban J connectivity index is 1.64. The van der Waals surface area contributed by atoms with Crippen molar-refractivity contribution in [2.45, 2.75) is 51.7 Å². The van der Waals surface area contributed by atoms with Crippen molar-refractivity contribution in [2.75, 3.05) is 13.6 Å². The van der Waals surface area contributed by atoms with Crippen molar-refractivity contribution in [2.24, 2.45) is 0 Å². The average molecular weight is 335 g/mol. The van der Waals surface area contributed by atoms with Gasteiger partial charge in [-0.25, -0.2) is 9.69 Å². The molecule has 0 unspecified atom stereocenters. The monoisotopic (exact) mass is 335 g/mol. The fourth-order valence-electron chi connectivity index (χ4n) is 3.00. The number of hydrogen-bond acceptors (Lipinski definition) is 6. The Morgan fingerprint density at radius 3 is 2.67 bits per heavy atom. The van der Waals surface area contributed by atoms with Crippen molar-refractivity contribution < 1.29 is 23.6 Å². The van der Waals surface area contributed by atoms with Crippen LogP contribution in [0.25, 0.3) is 0 Å². The van der Waals surface area contributed by atoms with Crippen molar-refractivity contribution >= 4 is 17.9 Å². The maximum Gasteiger partial charge on any atom is 0.418 e. The van der Waals surface area contributed by atoms with Gasteiger partial charge in [0.1, 0.15) is 18.0 Å². The third kappa shape index (κ3) is 2.88. The molecule has 1 aromatic rings. The zero-order valence-electron chi connectivity index (χ0n) is 14.1. The molecule has 2 heterocycles. The van der Waals surface area contributed by atoms with Crippen LogP contribution in [0.4, 0.5) is 4.79 Å². The second-order valence-corrected chi connectivity index (χ2v) is 6.76. The van der Waals surface area contributed by atoms with E-state index >= 15 is 0 Å². The number of fused-ring (bicyclic) bond motifs is 1. The standard InChI is InChI=1S/C16H21N3O5/c1-16(2)14(21)19(15(22)23-16)9-13(20)18(3)8-11-10-6-4-5-7-12(10)24-17-11/h4-9H2,1-3H3. The summed E-state index contributed by atoms with van der Waals surface area (Å²) in [6.45, 7) is 2.96. The van der Waals surface area contributed by atoms with Gasteiger partial charge in [-0.05, 0) is 33.1 Å². The summed E-state index contributed by atoms with van der Waals surface area (Å²) in [5.41, 5.74) is 0.607. The molecule has 1 aromatic heterocycles. The Morgan fingerprint density at radius 2 is 2.00 bits per heavy atom. The van der Waals surface area contributed by atoms with Gasteiger partial charge in [0, 0.05) is 19.0 Å². The molecule has 0 saturated carbocycles. The number of cyclic esters (lactones) is 1. The molecule has 2 aliphatic rings. The Morgan fingerprint density at radius 1 is 1.29 bits per heavy atom. The van der Waals surface area contributed by atoms with Gasteiger partial charge in [0.25, 0.3) is 5.91 Å². The van der Waals surface area contributed by atoms with Crippen molar-refractivity contribution in [1.82, 2.24) is 15.0 Å². The van der Waals surface area contributed by atoms with Gasteiger partial charge in [0.15, 0.2) is 5.60 Å². The molecule has 3 rings (SSSR count). The zero-order chi connectivity index (χ0) is 17.5. The highest BCUT2D eigenvalue weighted by Crippen LogP contribution is 2.25. The summed E-state index contributed by atoms with van der Waals surface area (Å²) < 4.78 is 10.3. The molecule has 0 atom stereocenters. The average Bonchev–Trinajstić information content (AvgIpc) is 3.01. The smallest absolute Gasteiger partial charge is 0.418 e. The molecule has 1 fully saturated rings. The number of carbonyl (C=O) groups is 3. The van der Waals surface area contributed by atoms with Gasteiger partial charge in [0.05, 0.1) is 6.54 Å². The summed E-state index contributed by atoms with van der Waals surface area (Å²) in [5, 5.41) is 4.06. The first-order valence-corrected chi connectivity index (χ1v) is 8.05. The van der Waals surface area contributed by atoms with E-state index in [1.165, 1.54) is 18.7 Å². The second-order valence-electron chi connectivity index (χ2n) is 6.76. The van der Waals surface area contributed by atoms with Crippen LogP contribution in [0.1, 0.15) is 43.7 Å². The lowest BCUT2D eigenvalue weighted by molar-refractivity contribution is -0.139. The quantitative estimate of drug-likeness (QED) is 0.822. The van der Waals surface area contributed by atoms with E-state index < -0.39 is 17.6 Å². The molecule has 0 aromatic carbocycles. The van der Waals surface area contributed by atoms with Crippen LogP contribution in [0.3, 0.4) is 0 Å². The number of imide groups is 1. The Kier molecular flexibility index (Phi) is 4.06. The number of ether oxygens (including phenoxy) is 1. The summed E-state index contributed by atoms with van der Waals surface area (Å²) in [6.07, 6.45) is 3.17. The van der Waals surface area contributed by atoms with Crippen LogP contribution in [0.2, 0.25) is 0 Å². The molecule has 24 heavy (non-hydrogen) atoms. The molecule has 8 heteroatoms. The molecular weight excluding hydrogens is 314 g/mol. The molecule has 8 nitrogen and oxygen atoms in total. The van der Waals surface area contributed by atoms with Crippen molar-refractivity contribution in [3.8, 4) is 0 Å². The first-order chi connectivity index (χ1) is 11.3. The van der Waals surface area contributed by atoms with Gasteiger partial charge < -0.3 is 14.2 Å². The maximum atomic E-state index is 12.4. The lowest BCUT2D eigenvalue weighted by atomic mass is 9.96. The number of likely N-dealkylation sites (N-methyl/N-ethyl adjacent to an activating group) is 1. The molecule has 130 valence electrons. The summed E-state index contributed by atoms with van der Waals surface area (Å²) in [6, 6.07) is 0. The number of carbonyl (C=O) groups excluding carboxylic acids is 3. The van der Waals surface area contributed by atoms with E-state index in [0.29, 0.717) is 0 Å². The van der Waals surface area contributed by atoms with Gasteiger partial charge in [-0.3, -0.25) is 9.59 Å². The minimum atomic E-state index is -1.22. The molecule has 0 bridgehead atoms. The second kappa shape index (κ2) is 5.92. The van der Waals surface area contributed by atoms with Crippen LogP contribution in [0.15, 0.2) is 4.52 Å². The minimum absolute atomic E-state index is 0.290. The Labute approximate surface area is 139 Å². The van der Waals surface area contributed by atoms with Gasteiger partial charge in [-0.2, -0.15) is 0 Å². The summed E-state index contributed by atoms with van der Waals surface area (Å²) >= 11 is 0. The van der Waals surface area contributed by atoms with E-state index in [0.717, 1.165) is 47.6 Å². The van der Waals surface area contributed by atoms with Crippen molar-refractivity contribution in [1.29, 1.82) is 0 Å². The molecule has 3 amide bonds. The Bertz CT molecular complexity index is 694. The number of aromatic nitrogens is 1. The SMILES string of the molecule is CN(Cc1noc2c1CCCC2)C(=O)CN1C(=O)OC(C)(C)C1=O. The van der Waals surface area contributed by atoms with Crippen LogP contribution in [-0.2, 0) is 33.7 Å². The maximum absolute atomic E-state index is 12.4.